The number of hydrogen-bond acceptors (Lipinski definition) is 3. The molecule has 0 saturated carbocycles. The maximum absolute atomic E-state index is 12.7. The first-order valence-corrected chi connectivity index (χ1v) is 8.39. The van der Waals surface area contributed by atoms with Crippen LogP contribution in [0.2, 0.25) is 0 Å². The number of rotatable bonds is 4. The van der Waals surface area contributed by atoms with Crippen LogP contribution in [0.4, 0.5) is 0 Å². The van der Waals surface area contributed by atoms with Gasteiger partial charge >= 0.3 is 0 Å². The van der Waals surface area contributed by atoms with Crippen LogP contribution in [-0.2, 0) is 6.54 Å². The first kappa shape index (κ1) is 15.5. The van der Waals surface area contributed by atoms with Gasteiger partial charge in [0.15, 0.2) is 0 Å². The van der Waals surface area contributed by atoms with E-state index in [2.05, 4.69) is 4.98 Å². The average molecular weight is 326 g/mol. The molecule has 2 heterocycles. The summed E-state index contributed by atoms with van der Waals surface area (Å²) in [5.74, 6) is -0.0393. The minimum atomic E-state index is -0.145. The smallest absolute Gasteiger partial charge is 0.264 e. The Morgan fingerprint density at radius 3 is 2.70 bits per heavy atom. The summed E-state index contributed by atoms with van der Waals surface area (Å²) in [6.45, 7) is 4.22. The second kappa shape index (κ2) is 6.38. The molecule has 5 heteroatoms. The van der Waals surface area contributed by atoms with Crippen LogP contribution in [0.25, 0.3) is 10.9 Å². The Morgan fingerprint density at radius 2 is 2.00 bits per heavy atom. The van der Waals surface area contributed by atoms with Gasteiger partial charge in [0.2, 0.25) is 0 Å². The number of fused-ring (bicyclic) bond motifs is 1. The molecule has 118 valence electrons. The van der Waals surface area contributed by atoms with E-state index in [0.29, 0.717) is 17.0 Å². The molecule has 0 saturated heterocycles. The zero-order valence-electron chi connectivity index (χ0n) is 13.1. The van der Waals surface area contributed by atoms with Crippen LogP contribution >= 0.6 is 11.3 Å². The molecule has 2 aromatic heterocycles. The van der Waals surface area contributed by atoms with Gasteiger partial charge in [0.25, 0.3) is 11.5 Å². The van der Waals surface area contributed by atoms with Gasteiger partial charge < -0.3 is 9.88 Å². The van der Waals surface area contributed by atoms with Gasteiger partial charge in [0.1, 0.15) is 0 Å². The summed E-state index contributed by atoms with van der Waals surface area (Å²) in [5.41, 5.74) is 1.26. The van der Waals surface area contributed by atoms with Crippen molar-refractivity contribution in [3.8, 4) is 0 Å². The van der Waals surface area contributed by atoms with Gasteiger partial charge in [-0.3, -0.25) is 9.59 Å². The third-order valence-electron chi connectivity index (χ3n) is 3.79. The number of nitrogens with zero attached hydrogens (tertiary/aromatic N) is 1. The Bertz CT molecular complexity index is 881. The number of aromatic nitrogens is 1. The first-order valence-electron chi connectivity index (χ1n) is 7.51. The number of thiophene rings is 1. The number of nitrogens with one attached hydrogen (secondary N) is 1. The molecular weight excluding hydrogens is 308 g/mol. The fourth-order valence-electron chi connectivity index (χ4n) is 2.52. The van der Waals surface area contributed by atoms with Crippen LogP contribution in [0.3, 0.4) is 0 Å². The lowest BCUT2D eigenvalue weighted by atomic mass is 10.1. The third kappa shape index (κ3) is 3.19. The summed E-state index contributed by atoms with van der Waals surface area (Å²) in [7, 11) is 0. The zero-order valence-corrected chi connectivity index (χ0v) is 13.9. The molecule has 0 aliphatic carbocycles. The molecule has 3 aromatic rings. The predicted molar refractivity (Wildman–Crippen MR) is 93.9 cm³/mol. The molecule has 3 rings (SSSR count). The molecule has 1 aromatic carbocycles. The fourth-order valence-corrected chi connectivity index (χ4v) is 3.20. The van der Waals surface area contributed by atoms with Gasteiger partial charge in [-0.25, -0.2) is 0 Å². The van der Waals surface area contributed by atoms with E-state index in [1.807, 2.05) is 61.7 Å². The number of carbonyl (C=O) groups excluding carboxylic acids is 1. The number of pyridine rings is 1. The molecule has 23 heavy (non-hydrogen) atoms. The quantitative estimate of drug-likeness (QED) is 0.796. The molecule has 1 N–H and O–H groups in total. The maximum Gasteiger partial charge on any atom is 0.264 e. The van der Waals surface area contributed by atoms with Crippen molar-refractivity contribution in [2.24, 2.45) is 0 Å². The molecule has 0 spiro atoms. The monoisotopic (exact) mass is 326 g/mol. The Morgan fingerprint density at radius 1 is 1.22 bits per heavy atom. The summed E-state index contributed by atoms with van der Waals surface area (Å²) < 4.78 is 0. The highest BCUT2D eigenvalue weighted by atomic mass is 32.1. The van der Waals surface area contributed by atoms with Crippen LogP contribution in [0.15, 0.2) is 52.6 Å². The first-order chi connectivity index (χ1) is 11.1. The van der Waals surface area contributed by atoms with E-state index in [1.54, 1.807) is 4.90 Å². The minimum Gasteiger partial charge on any atom is -0.331 e. The Hall–Kier alpha value is -2.40. The number of amides is 1. The highest BCUT2D eigenvalue weighted by molar-refractivity contribution is 7.12. The largest absolute Gasteiger partial charge is 0.331 e. The molecule has 1 amide bonds. The lowest BCUT2D eigenvalue weighted by Crippen LogP contribution is -2.37. The summed E-state index contributed by atoms with van der Waals surface area (Å²) in [5, 5.41) is 2.85. The highest BCUT2D eigenvalue weighted by Crippen LogP contribution is 2.17. The minimum absolute atomic E-state index is 0.00969. The summed E-state index contributed by atoms with van der Waals surface area (Å²) >= 11 is 1.42. The normalized spacial score (nSPS) is 11.1. The maximum atomic E-state index is 12.7. The molecule has 0 atom stereocenters. The van der Waals surface area contributed by atoms with Crippen molar-refractivity contribution in [1.82, 2.24) is 9.88 Å². The van der Waals surface area contributed by atoms with E-state index in [-0.39, 0.29) is 17.5 Å². The van der Waals surface area contributed by atoms with Gasteiger partial charge in [-0.2, -0.15) is 0 Å². The molecule has 0 radical (unpaired) electrons. The van der Waals surface area contributed by atoms with Crippen molar-refractivity contribution in [3.05, 3.63) is 68.6 Å². The Balaban J connectivity index is 1.96. The second-order valence-electron chi connectivity index (χ2n) is 5.72. The summed E-state index contributed by atoms with van der Waals surface area (Å²) in [6.07, 6.45) is 0. The number of hydrogen-bond donors (Lipinski definition) is 1. The van der Waals surface area contributed by atoms with Gasteiger partial charge in [-0.1, -0.05) is 24.3 Å². The van der Waals surface area contributed by atoms with Gasteiger partial charge in [0.05, 0.1) is 11.4 Å². The van der Waals surface area contributed by atoms with Crippen LogP contribution < -0.4 is 5.56 Å². The van der Waals surface area contributed by atoms with Crippen molar-refractivity contribution in [2.45, 2.75) is 26.4 Å². The van der Waals surface area contributed by atoms with E-state index in [4.69, 9.17) is 0 Å². The van der Waals surface area contributed by atoms with Crippen molar-refractivity contribution in [3.63, 3.8) is 0 Å². The molecule has 4 nitrogen and oxygen atoms in total. The van der Waals surface area contributed by atoms with Crippen LogP contribution in [0.5, 0.6) is 0 Å². The predicted octanol–water partition coefficient (Wildman–Crippen LogP) is 3.64. The Labute approximate surface area is 138 Å². The van der Waals surface area contributed by atoms with E-state index >= 15 is 0 Å². The summed E-state index contributed by atoms with van der Waals surface area (Å²) in [4.78, 5) is 30.3. The zero-order chi connectivity index (χ0) is 16.4. The molecule has 0 unspecified atom stereocenters. The van der Waals surface area contributed by atoms with Crippen LogP contribution in [0.1, 0.15) is 29.1 Å². The SMILES string of the molecule is CC(C)N(Cc1cc2ccccc2[nH]c1=O)C(=O)c1cccs1. The average Bonchev–Trinajstić information content (AvgIpc) is 3.06. The second-order valence-corrected chi connectivity index (χ2v) is 6.66. The van der Waals surface area contributed by atoms with E-state index < -0.39 is 0 Å². The van der Waals surface area contributed by atoms with E-state index in [0.717, 1.165) is 10.9 Å². The standard InChI is InChI=1S/C18H18N2O2S/c1-12(2)20(18(22)16-8-5-9-23-16)11-14-10-13-6-3-4-7-15(13)19-17(14)21/h3-10,12H,11H2,1-2H3,(H,19,21). The summed E-state index contributed by atoms with van der Waals surface area (Å²) in [6, 6.07) is 13.2. The number of benzene rings is 1. The number of para-hydroxylation sites is 1. The topological polar surface area (TPSA) is 53.2 Å². The number of H-pyrrole nitrogens is 1. The molecule has 0 bridgehead atoms. The molecule has 0 fully saturated rings. The Kier molecular flexibility index (Phi) is 4.30. The van der Waals surface area contributed by atoms with E-state index in [9.17, 15) is 9.59 Å². The van der Waals surface area contributed by atoms with Gasteiger partial charge in [-0.15, -0.1) is 11.3 Å². The van der Waals surface area contributed by atoms with Crippen molar-refractivity contribution in [2.75, 3.05) is 0 Å². The third-order valence-corrected chi connectivity index (χ3v) is 4.65. The molecule has 0 aliphatic heterocycles. The van der Waals surface area contributed by atoms with Crippen LogP contribution in [-0.4, -0.2) is 21.8 Å². The van der Waals surface area contributed by atoms with Gasteiger partial charge in [0, 0.05) is 17.1 Å². The van der Waals surface area contributed by atoms with Crippen LogP contribution in [0, 0.1) is 0 Å². The molecular formula is C18H18N2O2S. The lowest BCUT2D eigenvalue weighted by Gasteiger charge is -2.26. The van der Waals surface area contributed by atoms with Crippen molar-refractivity contribution >= 4 is 28.1 Å². The van der Waals surface area contributed by atoms with E-state index in [1.165, 1.54) is 11.3 Å². The fraction of sp³-hybridized carbons (Fsp3) is 0.222. The molecule has 0 aliphatic rings. The van der Waals surface area contributed by atoms with Gasteiger partial charge in [-0.05, 0) is 42.8 Å². The number of carbonyl (C=O) groups is 1. The van der Waals surface area contributed by atoms with Crippen molar-refractivity contribution in [1.29, 1.82) is 0 Å². The lowest BCUT2D eigenvalue weighted by molar-refractivity contribution is 0.0695. The van der Waals surface area contributed by atoms with Crippen molar-refractivity contribution < 1.29 is 4.79 Å². The number of aromatic amines is 1. The highest BCUT2D eigenvalue weighted by Gasteiger charge is 2.21.